The van der Waals surface area contributed by atoms with Gasteiger partial charge in [-0.3, -0.25) is 14.3 Å². The lowest BCUT2D eigenvalue weighted by Crippen LogP contribution is -2.38. The number of anilines is 1. The van der Waals surface area contributed by atoms with E-state index in [1.54, 1.807) is 44.4 Å². The highest BCUT2D eigenvalue weighted by Gasteiger charge is 2.22. The predicted molar refractivity (Wildman–Crippen MR) is 134 cm³/mol. The van der Waals surface area contributed by atoms with Gasteiger partial charge in [-0.05, 0) is 54.2 Å². The third-order valence-electron chi connectivity index (χ3n) is 5.28. The van der Waals surface area contributed by atoms with E-state index in [0.717, 1.165) is 5.56 Å². The second kappa shape index (κ2) is 11.5. The van der Waals surface area contributed by atoms with Crippen molar-refractivity contribution in [2.45, 2.75) is 44.4 Å². The van der Waals surface area contributed by atoms with Crippen molar-refractivity contribution in [3.8, 4) is 0 Å². The molecule has 0 bridgehead atoms. The lowest BCUT2D eigenvalue weighted by Gasteiger charge is -2.21. The molecule has 0 atom stereocenters. The maximum atomic E-state index is 13.1. The summed E-state index contributed by atoms with van der Waals surface area (Å²) < 4.78 is 33.8. The molecule has 0 unspecified atom stereocenters. The third-order valence-corrected chi connectivity index (χ3v) is 6.80. The van der Waals surface area contributed by atoms with E-state index in [9.17, 15) is 18.0 Å². The molecule has 186 valence electrons. The molecule has 0 saturated heterocycles. The van der Waals surface area contributed by atoms with Crippen molar-refractivity contribution in [2.24, 2.45) is 0 Å². The topological polar surface area (TPSA) is 105 Å². The molecule has 2 aromatic carbocycles. The number of amides is 2. The van der Waals surface area contributed by atoms with Crippen LogP contribution in [0.3, 0.4) is 0 Å². The van der Waals surface area contributed by atoms with Gasteiger partial charge in [0, 0.05) is 38.6 Å². The second-order valence-electron chi connectivity index (χ2n) is 9.27. The number of aryl methyl sites for hydroxylation is 1. The average Bonchev–Trinajstić information content (AvgIpc) is 2.75. The molecular formula is C25H35N3O5S. The van der Waals surface area contributed by atoms with Crippen molar-refractivity contribution in [1.29, 1.82) is 0 Å². The number of sulfonamides is 1. The number of ether oxygens (including phenoxy) is 1. The van der Waals surface area contributed by atoms with Crippen LogP contribution in [0.4, 0.5) is 5.69 Å². The molecule has 0 heterocycles. The summed E-state index contributed by atoms with van der Waals surface area (Å²) in [5.41, 5.74) is 1.87. The van der Waals surface area contributed by atoms with Crippen LogP contribution in [0.25, 0.3) is 0 Å². The SMILES string of the molecule is COCCCNC(=O)CN(C)C(=O)c1cccc(NS(=O)(=O)c2cc(C(C)(C)C)ccc2C)c1. The van der Waals surface area contributed by atoms with Gasteiger partial charge in [-0.25, -0.2) is 8.42 Å². The number of nitrogens with one attached hydrogen (secondary N) is 2. The Bertz CT molecular complexity index is 1120. The molecule has 0 aromatic heterocycles. The summed E-state index contributed by atoms with van der Waals surface area (Å²) in [7, 11) is -0.760. The highest BCUT2D eigenvalue weighted by molar-refractivity contribution is 7.92. The molecule has 0 spiro atoms. The molecule has 2 rings (SSSR count). The monoisotopic (exact) mass is 489 g/mol. The largest absolute Gasteiger partial charge is 0.385 e. The molecule has 8 nitrogen and oxygen atoms in total. The fourth-order valence-corrected chi connectivity index (χ4v) is 4.61. The van der Waals surface area contributed by atoms with Crippen molar-refractivity contribution >= 4 is 27.5 Å². The minimum Gasteiger partial charge on any atom is -0.385 e. The first-order valence-corrected chi connectivity index (χ1v) is 12.6. The molecule has 0 fully saturated rings. The van der Waals surface area contributed by atoms with Crippen LogP contribution in [0.15, 0.2) is 47.4 Å². The first-order valence-electron chi connectivity index (χ1n) is 11.1. The predicted octanol–water partition coefficient (Wildman–Crippen LogP) is 3.32. The molecule has 2 N–H and O–H groups in total. The number of rotatable bonds is 10. The maximum Gasteiger partial charge on any atom is 0.262 e. The van der Waals surface area contributed by atoms with E-state index in [-0.39, 0.29) is 39.9 Å². The number of hydrogen-bond acceptors (Lipinski definition) is 5. The van der Waals surface area contributed by atoms with Crippen LogP contribution in [0.5, 0.6) is 0 Å². The summed E-state index contributed by atoms with van der Waals surface area (Å²) in [4.78, 5) is 26.3. The smallest absolute Gasteiger partial charge is 0.262 e. The summed E-state index contributed by atoms with van der Waals surface area (Å²) in [5, 5.41) is 2.73. The first-order chi connectivity index (χ1) is 15.8. The van der Waals surface area contributed by atoms with Crippen molar-refractivity contribution in [3.05, 3.63) is 59.2 Å². The molecule has 0 radical (unpaired) electrons. The van der Waals surface area contributed by atoms with Crippen LogP contribution in [0, 0.1) is 6.92 Å². The van der Waals surface area contributed by atoms with Crippen molar-refractivity contribution in [3.63, 3.8) is 0 Å². The summed E-state index contributed by atoms with van der Waals surface area (Å²) in [6, 6.07) is 11.6. The molecule has 0 aliphatic carbocycles. The van der Waals surface area contributed by atoms with Crippen LogP contribution in [-0.4, -0.2) is 59.0 Å². The van der Waals surface area contributed by atoms with Crippen LogP contribution in [0.2, 0.25) is 0 Å². The number of likely N-dealkylation sites (N-methyl/N-ethyl adjacent to an activating group) is 1. The van der Waals surface area contributed by atoms with Gasteiger partial charge in [0.25, 0.3) is 15.9 Å². The van der Waals surface area contributed by atoms with E-state index < -0.39 is 10.0 Å². The van der Waals surface area contributed by atoms with Gasteiger partial charge in [0.1, 0.15) is 0 Å². The number of carbonyl (C=O) groups is 2. The lowest BCUT2D eigenvalue weighted by molar-refractivity contribution is -0.121. The molecule has 2 aromatic rings. The third kappa shape index (κ3) is 7.56. The Hall–Kier alpha value is -2.91. The normalized spacial score (nSPS) is 11.7. The number of hydrogen-bond donors (Lipinski definition) is 2. The lowest BCUT2D eigenvalue weighted by atomic mass is 9.87. The fourth-order valence-electron chi connectivity index (χ4n) is 3.29. The molecular weight excluding hydrogens is 454 g/mol. The zero-order chi connectivity index (χ0) is 25.5. The molecule has 9 heteroatoms. The van der Waals surface area contributed by atoms with E-state index in [1.807, 2.05) is 26.8 Å². The van der Waals surface area contributed by atoms with Gasteiger partial charge in [0.05, 0.1) is 11.4 Å². The molecule has 0 aliphatic heterocycles. The van der Waals surface area contributed by atoms with E-state index in [4.69, 9.17) is 4.74 Å². The molecule has 2 amide bonds. The molecule has 0 aliphatic rings. The highest BCUT2D eigenvalue weighted by Crippen LogP contribution is 2.28. The minimum absolute atomic E-state index is 0.111. The maximum absolute atomic E-state index is 13.1. The van der Waals surface area contributed by atoms with Gasteiger partial charge in [0.2, 0.25) is 5.91 Å². The minimum atomic E-state index is -3.87. The van der Waals surface area contributed by atoms with E-state index in [1.165, 1.54) is 18.0 Å². The Balaban J connectivity index is 2.15. The molecule has 34 heavy (non-hydrogen) atoms. The van der Waals surface area contributed by atoms with Crippen LogP contribution in [0.1, 0.15) is 48.7 Å². The fraction of sp³-hybridized carbons (Fsp3) is 0.440. The van der Waals surface area contributed by atoms with Crippen molar-refractivity contribution in [1.82, 2.24) is 10.2 Å². The summed E-state index contributed by atoms with van der Waals surface area (Å²) in [6.45, 7) is 8.70. The van der Waals surface area contributed by atoms with E-state index >= 15 is 0 Å². The van der Waals surface area contributed by atoms with Crippen molar-refractivity contribution < 1.29 is 22.7 Å². The van der Waals surface area contributed by atoms with Gasteiger partial charge in [-0.15, -0.1) is 0 Å². The van der Waals surface area contributed by atoms with Gasteiger partial charge < -0.3 is 15.0 Å². The number of benzene rings is 2. The zero-order valence-corrected chi connectivity index (χ0v) is 21.6. The Labute approximate surface area is 202 Å². The van der Waals surface area contributed by atoms with Crippen molar-refractivity contribution in [2.75, 3.05) is 38.6 Å². The average molecular weight is 490 g/mol. The Morgan fingerprint density at radius 1 is 1.09 bits per heavy atom. The standard InChI is InChI=1S/C25H35N3O5S/c1-18-11-12-20(25(2,3)4)16-22(18)34(31,32)27-21-10-7-9-19(15-21)24(30)28(5)17-23(29)26-13-8-14-33-6/h7,9-12,15-16,27H,8,13-14,17H2,1-6H3,(H,26,29). The Kier molecular flexibility index (Phi) is 9.23. The van der Waals surface area contributed by atoms with Crippen LogP contribution >= 0.6 is 0 Å². The zero-order valence-electron chi connectivity index (χ0n) is 20.8. The Morgan fingerprint density at radius 3 is 2.44 bits per heavy atom. The Morgan fingerprint density at radius 2 is 1.79 bits per heavy atom. The van der Waals surface area contributed by atoms with Crippen LogP contribution in [-0.2, 0) is 25.0 Å². The van der Waals surface area contributed by atoms with E-state index in [0.29, 0.717) is 25.1 Å². The van der Waals surface area contributed by atoms with Gasteiger partial charge >= 0.3 is 0 Å². The molecule has 0 saturated carbocycles. The van der Waals surface area contributed by atoms with E-state index in [2.05, 4.69) is 10.0 Å². The first kappa shape index (κ1) is 27.3. The number of methoxy groups -OCH3 is 1. The summed E-state index contributed by atoms with van der Waals surface area (Å²) in [6.07, 6.45) is 0.681. The van der Waals surface area contributed by atoms with Gasteiger partial charge in [-0.1, -0.05) is 39.0 Å². The quantitative estimate of drug-likeness (QED) is 0.498. The van der Waals surface area contributed by atoms with Gasteiger partial charge in [0.15, 0.2) is 0 Å². The number of nitrogens with zero attached hydrogens (tertiary/aromatic N) is 1. The summed E-state index contributed by atoms with van der Waals surface area (Å²) in [5.74, 6) is -0.669. The van der Waals surface area contributed by atoms with Crippen LogP contribution < -0.4 is 10.0 Å². The number of carbonyl (C=O) groups excluding carboxylic acids is 2. The summed E-state index contributed by atoms with van der Waals surface area (Å²) >= 11 is 0. The van der Waals surface area contributed by atoms with Gasteiger partial charge in [-0.2, -0.15) is 0 Å². The second-order valence-corrected chi connectivity index (χ2v) is 10.9. The highest BCUT2D eigenvalue weighted by atomic mass is 32.2.